The molecule has 2 amide bonds. The fraction of sp³-hybridized carbons (Fsp3) is 0.524. The van der Waals surface area contributed by atoms with E-state index in [0.717, 1.165) is 29.5 Å². The summed E-state index contributed by atoms with van der Waals surface area (Å²) in [4.78, 5) is 26.1. The Morgan fingerprint density at radius 3 is 2.62 bits per heavy atom. The van der Waals surface area contributed by atoms with Crippen molar-refractivity contribution in [2.24, 2.45) is 11.7 Å². The molecule has 1 aromatic heterocycles. The number of likely N-dealkylation sites (tertiary alicyclic amines) is 1. The molecule has 1 aromatic carbocycles. The van der Waals surface area contributed by atoms with Gasteiger partial charge in [-0.25, -0.2) is 0 Å². The first kappa shape index (κ1) is 21.4. The molecule has 0 radical (unpaired) electrons. The second kappa shape index (κ2) is 9.43. The number of nitrogens with zero attached hydrogens (tertiary/aromatic N) is 4. The number of rotatable bonds is 7. The van der Waals surface area contributed by atoms with E-state index in [9.17, 15) is 9.59 Å². The lowest BCUT2D eigenvalue weighted by Gasteiger charge is -2.32. The van der Waals surface area contributed by atoms with E-state index in [2.05, 4.69) is 40.7 Å². The summed E-state index contributed by atoms with van der Waals surface area (Å²) in [6, 6.07) is 8.21. The molecule has 1 fully saturated rings. The highest BCUT2D eigenvalue weighted by Crippen LogP contribution is 2.29. The van der Waals surface area contributed by atoms with Crippen molar-refractivity contribution in [2.75, 3.05) is 13.1 Å². The topological polar surface area (TPSA) is 94.1 Å². The summed E-state index contributed by atoms with van der Waals surface area (Å²) >= 11 is 1.45. The second-order valence-electron chi connectivity index (χ2n) is 7.59. The number of amides is 2. The van der Waals surface area contributed by atoms with Gasteiger partial charge in [-0.15, -0.1) is 10.2 Å². The van der Waals surface area contributed by atoms with Gasteiger partial charge in [0.2, 0.25) is 11.8 Å². The average Bonchev–Trinajstić information content (AvgIpc) is 3.10. The van der Waals surface area contributed by atoms with Gasteiger partial charge in [0.15, 0.2) is 11.0 Å². The van der Waals surface area contributed by atoms with Gasteiger partial charge in [0.25, 0.3) is 0 Å². The third-order valence-electron chi connectivity index (χ3n) is 5.28. The second-order valence-corrected chi connectivity index (χ2v) is 8.90. The molecule has 2 aromatic rings. The molecule has 0 aliphatic carbocycles. The summed E-state index contributed by atoms with van der Waals surface area (Å²) in [7, 11) is 0. The molecule has 1 atom stereocenters. The number of aromatic nitrogens is 3. The molecule has 7 nitrogen and oxygen atoms in total. The average molecular weight is 416 g/mol. The number of hydrogen-bond acceptors (Lipinski definition) is 5. The molecule has 156 valence electrons. The predicted molar refractivity (Wildman–Crippen MR) is 114 cm³/mol. The van der Waals surface area contributed by atoms with Crippen LogP contribution in [0.15, 0.2) is 29.4 Å². The fourth-order valence-corrected chi connectivity index (χ4v) is 4.61. The first-order chi connectivity index (χ1) is 13.9. The number of thioether (sulfide) groups is 1. The lowest BCUT2D eigenvalue weighted by molar-refractivity contribution is -0.134. The number of piperidine rings is 1. The minimum atomic E-state index is -0.273. The SMILES string of the molecule is CCCn1c(SC(C)C(=O)N2CCC(C(N)=O)CC2)nnc1-c1cccc(C)c1. The summed E-state index contributed by atoms with van der Waals surface area (Å²) in [5, 5.41) is 9.29. The molecule has 0 saturated carbocycles. The smallest absolute Gasteiger partial charge is 0.235 e. The summed E-state index contributed by atoms with van der Waals surface area (Å²) in [6.45, 7) is 8.03. The van der Waals surface area contributed by atoms with Gasteiger partial charge in [-0.1, -0.05) is 42.4 Å². The van der Waals surface area contributed by atoms with Gasteiger partial charge >= 0.3 is 0 Å². The Hall–Kier alpha value is -2.35. The Morgan fingerprint density at radius 1 is 1.28 bits per heavy atom. The number of carbonyl (C=O) groups excluding carboxylic acids is 2. The van der Waals surface area contributed by atoms with E-state index in [1.165, 1.54) is 17.3 Å². The zero-order chi connectivity index (χ0) is 21.0. The minimum Gasteiger partial charge on any atom is -0.369 e. The Kier molecular flexibility index (Phi) is 6.95. The van der Waals surface area contributed by atoms with Crippen LogP contribution in [0.25, 0.3) is 11.4 Å². The first-order valence-corrected chi connectivity index (χ1v) is 11.0. The van der Waals surface area contributed by atoms with Crippen LogP contribution >= 0.6 is 11.8 Å². The van der Waals surface area contributed by atoms with Crippen LogP contribution in [0.5, 0.6) is 0 Å². The largest absolute Gasteiger partial charge is 0.369 e. The zero-order valence-corrected chi connectivity index (χ0v) is 18.1. The highest BCUT2D eigenvalue weighted by atomic mass is 32.2. The van der Waals surface area contributed by atoms with Crippen molar-refractivity contribution in [3.05, 3.63) is 29.8 Å². The third-order valence-corrected chi connectivity index (χ3v) is 6.35. The van der Waals surface area contributed by atoms with Gasteiger partial charge < -0.3 is 15.2 Å². The van der Waals surface area contributed by atoms with Gasteiger partial charge in [-0.2, -0.15) is 0 Å². The van der Waals surface area contributed by atoms with E-state index < -0.39 is 0 Å². The summed E-state index contributed by atoms with van der Waals surface area (Å²) in [6.07, 6.45) is 2.23. The molecule has 0 spiro atoms. The summed E-state index contributed by atoms with van der Waals surface area (Å²) in [5.41, 5.74) is 7.60. The summed E-state index contributed by atoms with van der Waals surface area (Å²) < 4.78 is 2.10. The molecule has 2 heterocycles. The van der Waals surface area contributed by atoms with Crippen LogP contribution in [0.2, 0.25) is 0 Å². The first-order valence-electron chi connectivity index (χ1n) is 10.2. The molecular formula is C21H29N5O2S. The zero-order valence-electron chi connectivity index (χ0n) is 17.3. The van der Waals surface area contributed by atoms with Crippen LogP contribution in [0.3, 0.4) is 0 Å². The van der Waals surface area contributed by atoms with E-state index in [1.54, 1.807) is 0 Å². The minimum absolute atomic E-state index is 0.0704. The predicted octanol–water partition coefficient (Wildman–Crippen LogP) is 2.87. The molecule has 29 heavy (non-hydrogen) atoms. The van der Waals surface area contributed by atoms with Crippen molar-refractivity contribution in [3.8, 4) is 11.4 Å². The number of primary amides is 1. The molecule has 1 saturated heterocycles. The van der Waals surface area contributed by atoms with E-state index in [-0.39, 0.29) is 23.0 Å². The Labute approximate surface area is 176 Å². The Bertz CT molecular complexity index is 874. The third kappa shape index (κ3) is 4.98. The van der Waals surface area contributed by atoms with Gasteiger partial charge in [-0.3, -0.25) is 9.59 Å². The maximum atomic E-state index is 12.9. The van der Waals surface area contributed by atoms with Crippen LogP contribution in [0.1, 0.15) is 38.7 Å². The maximum Gasteiger partial charge on any atom is 0.235 e. The number of carbonyl (C=O) groups is 2. The Balaban J connectivity index is 1.72. The van der Waals surface area contributed by atoms with Crippen molar-refractivity contribution in [2.45, 2.75) is 57.0 Å². The number of hydrogen-bond donors (Lipinski definition) is 1. The van der Waals surface area contributed by atoms with Crippen LogP contribution < -0.4 is 5.73 Å². The van der Waals surface area contributed by atoms with Crippen molar-refractivity contribution >= 4 is 23.6 Å². The maximum absolute atomic E-state index is 12.9. The van der Waals surface area contributed by atoms with E-state index >= 15 is 0 Å². The van der Waals surface area contributed by atoms with E-state index in [0.29, 0.717) is 25.9 Å². The van der Waals surface area contributed by atoms with Crippen molar-refractivity contribution in [3.63, 3.8) is 0 Å². The lowest BCUT2D eigenvalue weighted by atomic mass is 9.96. The van der Waals surface area contributed by atoms with Crippen LogP contribution in [0.4, 0.5) is 0 Å². The monoisotopic (exact) mass is 415 g/mol. The molecule has 1 aliphatic heterocycles. The molecule has 1 aliphatic rings. The molecule has 1 unspecified atom stereocenters. The number of benzene rings is 1. The van der Waals surface area contributed by atoms with E-state index in [4.69, 9.17) is 5.73 Å². The van der Waals surface area contributed by atoms with Gasteiger partial charge in [0.1, 0.15) is 0 Å². The van der Waals surface area contributed by atoms with Gasteiger partial charge in [-0.05, 0) is 39.2 Å². The lowest BCUT2D eigenvalue weighted by Crippen LogP contribution is -2.44. The van der Waals surface area contributed by atoms with Crippen molar-refractivity contribution in [1.29, 1.82) is 0 Å². The standard InChI is InChI=1S/C21H29N5O2S/c1-4-10-26-19(17-7-5-6-14(2)13-17)23-24-21(26)29-15(3)20(28)25-11-8-16(9-12-25)18(22)27/h5-7,13,15-16H,4,8-12H2,1-3H3,(H2,22,27). The molecular weight excluding hydrogens is 386 g/mol. The van der Waals surface area contributed by atoms with Gasteiger partial charge in [0, 0.05) is 31.1 Å². The molecule has 3 rings (SSSR count). The molecule has 0 bridgehead atoms. The quantitative estimate of drug-likeness (QED) is 0.702. The normalized spacial score (nSPS) is 16.0. The Morgan fingerprint density at radius 2 is 2.00 bits per heavy atom. The number of nitrogens with two attached hydrogens (primary N) is 1. The summed E-state index contributed by atoms with van der Waals surface area (Å²) in [5.74, 6) is 0.517. The van der Waals surface area contributed by atoms with Crippen LogP contribution in [-0.2, 0) is 16.1 Å². The van der Waals surface area contributed by atoms with Crippen LogP contribution in [-0.4, -0.2) is 49.8 Å². The van der Waals surface area contributed by atoms with Crippen LogP contribution in [0, 0.1) is 12.8 Å². The highest BCUT2D eigenvalue weighted by molar-refractivity contribution is 8.00. The van der Waals surface area contributed by atoms with E-state index in [1.807, 2.05) is 24.0 Å². The molecule has 8 heteroatoms. The molecule has 2 N–H and O–H groups in total. The van der Waals surface area contributed by atoms with Crippen molar-refractivity contribution < 1.29 is 9.59 Å². The highest BCUT2D eigenvalue weighted by Gasteiger charge is 2.29. The van der Waals surface area contributed by atoms with Crippen molar-refractivity contribution in [1.82, 2.24) is 19.7 Å². The van der Waals surface area contributed by atoms with Gasteiger partial charge in [0.05, 0.1) is 5.25 Å². The number of aryl methyl sites for hydroxylation is 1. The fourth-order valence-electron chi connectivity index (χ4n) is 3.65.